The summed E-state index contributed by atoms with van der Waals surface area (Å²) in [7, 11) is -2.27. The van der Waals surface area contributed by atoms with Gasteiger partial charge in [0.25, 0.3) is 15.9 Å². The van der Waals surface area contributed by atoms with Crippen molar-refractivity contribution in [3.63, 3.8) is 0 Å². The van der Waals surface area contributed by atoms with Crippen molar-refractivity contribution >= 4 is 21.6 Å². The second kappa shape index (κ2) is 8.23. The zero-order valence-electron chi connectivity index (χ0n) is 15.3. The summed E-state index contributed by atoms with van der Waals surface area (Å²) in [4.78, 5) is 12.4. The first-order valence-corrected chi connectivity index (χ1v) is 9.79. The SMILES string of the molecule is COc1ccc(NS(=O)(=O)c2cccc(C(=O)N[C@H](C)C(C)C)c2)cc1. The maximum atomic E-state index is 12.6. The van der Waals surface area contributed by atoms with Crippen molar-refractivity contribution < 1.29 is 17.9 Å². The third-order valence-corrected chi connectivity index (χ3v) is 5.49. The first-order chi connectivity index (χ1) is 12.2. The summed E-state index contributed by atoms with van der Waals surface area (Å²) in [6, 6.07) is 12.5. The number of rotatable bonds is 7. The number of sulfonamides is 1. The van der Waals surface area contributed by atoms with Gasteiger partial charge in [0.2, 0.25) is 0 Å². The number of hydrogen-bond acceptors (Lipinski definition) is 4. The van der Waals surface area contributed by atoms with Crippen LogP contribution in [0.4, 0.5) is 5.69 Å². The molecule has 2 rings (SSSR count). The number of anilines is 1. The highest BCUT2D eigenvalue weighted by molar-refractivity contribution is 7.92. The van der Waals surface area contributed by atoms with E-state index in [4.69, 9.17) is 4.74 Å². The highest BCUT2D eigenvalue weighted by Crippen LogP contribution is 2.20. The summed E-state index contributed by atoms with van der Waals surface area (Å²) >= 11 is 0. The highest BCUT2D eigenvalue weighted by atomic mass is 32.2. The Kier molecular flexibility index (Phi) is 6.26. The summed E-state index contributed by atoms with van der Waals surface area (Å²) in [5, 5.41) is 2.87. The van der Waals surface area contributed by atoms with Gasteiger partial charge in [-0.25, -0.2) is 8.42 Å². The van der Waals surface area contributed by atoms with E-state index in [0.29, 0.717) is 17.0 Å². The average Bonchev–Trinajstić information content (AvgIpc) is 2.62. The van der Waals surface area contributed by atoms with Gasteiger partial charge in [0.1, 0.15) is 5.75 Å². The number of carbonyl (C=O) groups excluding carboxylic acids is 1. The minimum Gasteiger partial charge on any atom is -0.497 e. The van der Waals surface area contributed by atoms with Crippen LogP contribution in [0.3, 0.4) is 0 Å². The van der Waals surface area contributed by atoms with Crippen molar-refractivity contribution in [2.45, 2.75) is 31.7 Å². The van der Waals surface area contributed by atoms with E-state index in [1.54, 1.807) is 36.4 Å². The third kappa shape index (κ3) is 4.98. The van der Waals surface area contributed by atoms with Crippen LogP contribution in [0.2, 0.25) is 0 Å². The molecule has 2 aromatic rings. The monoisotopic (exact) mass is 376 g/mol. The maximum absolute atomic E-state index is 12.6. The molecule has 0 saturated heterocycles. The van der Waals surface area contributed by atoms with Crippen molar-refractivity contribution in [3.05, 3.63) is 54.1 Å². The zero-order valence-corrected chi connectivity index (χ0v) is 16.1. The van der Waals surface area contributed by atoms with E-state index < -0.39 is 10.0 Å². The lowest BCUT2D eigenvalue weighted by atomic mass is 10.1. The summed E-state index contributed by atoms with van der Waals surface area (Å²) in [5.74, 6) is 0.612. The fourth-order valence-electron chi connectivity index (χ4n) is 2.13. The second-order valence-electron chi connectivity index (χ2n) is 6.37. The molecule has 7 heteroatoms. The van der Waals surface area contributed by atoms with Crippen LogP contribution in [-0.4, -0.2) is 27.5 Å². The second-order valence-corrected chi connectivity index (χ2v) is 8.05. The Bertz CT molecular complexity index is 861. The van der Waals surface area contributed by atoms with Gasteiger partial charge in [-0.2, -0.15) is 0 Å². The first kappa shape index (κ1) is 19.8. The van der Waals surface area contributed by atoms with Gasteiger partial charge in [0, 0.05) is 17.3 Å². The van der Waals surface area contributed by atoms with Gasteiger partial charge >= 0.3 is 0 Å². The smallest absolute Gasteiger partial charge is 0.261 e. The van der Waals surface area contributed by atoms with Gasteiger partial charge in [-0.1, -0.05) is 19.9 Å². The fraction of sp³-hybridized carbons (Fsp3) is 0.316. The third-order valence-electron chi connectivity index (χ3n) is 4.11. The molecule has 2 aromatic carbocycles. The Morgan fingerprint density at radius 1 is 1.04 bits per heavy atom. The van der Waals surface area contributed by atoms with E-state index >= 15 is 0 Å². The molecule has 0 spiro atoms. The molecule has 2 N–H and O–H groups in total. The Morgan fingerprint density at radius 3 is 2.27 bits per heavy atom. The van der Waals surface area contributed by atoms with Crippen LogP contribution in [0.5, 0.6) is 5.75 Å². The molecule has 0 fully saturated rings. The maximum Gasteiger partial charge on any atom is 0.261 e. The van der Waals surface area contributed by atoms with E-state index in [9.17, 15) is 13.2 Å². The predicted octanol–water partition coefficient (Wildman–Crippen LogP) is 3.27. The summed E-state index contributed by atoms with van der Waals surface area (Å²) in [6.07, 6.45) is 0. The standard InChI is InChI=1S/C19H24N2O4S/c1-13(2)14(3)20-19(22)15-6-5-7-18(12-15)26(23,24)21-16-8-10-17(25-4)11-9-16/h5-14,21H,1-4H3,(H,20,22)/t14-/m1/s1. The van der Waals surface area contributed by atoms with Crippen molar-refractivity contribution in [2.24, 2.45) is 5.92 Å². The average molecular weight is 376 g/mol. The molecule has 0 bridgehead atoms. The van der Waals surface area contributed by atoms with Crippen molar-refractivity contribution in [1.82, 2.24) is 5.32 Å². The van der Waals surface area contributed by atoms with E-state index in [1.807, 2.05) is 20.8 Å². The van der Waals surface area contributed by atoms with Gasteiger partial charge < -0.3 is 10.1 Å². The Hall–Kier alpha value is -2.54. The molecule has 0 aromatic heterocycles. The van der Waals surface area contributed by atoms with Crippen LogP contribution in [0.1, 0.15) is 31.1 Å². The number of amides is 1. The number of ether oxygens (including phenoxy) is 1. The van der Waals surface area contributed by atoms with Gasteiger partial charge in [-0.15, -0.1) is 0 Å². The van der Waals surface area contributed by atoms with E-state index in [-0.39, 0.29) is 22.8 Å². The molecular formula is C19H24N2O4S. The Labute approximate surface area is 154 Å². The molecule has 0 aliphatic heterocycles. The zero-order chi connectivity index (χ0) is 19.3. The lowest BCUT2D eigenvalue weighted by molar-refractivity contribution is 0.0930. The quantitative estimate of drug-likeness (QED) is 0.777. The van der Waals surface area contributed by atoms with Gasteiger partial charge in [0.15, 0.2) is 0 Å². The Morgan fingerprint density at radius 2 is 1.69 bits per heavy atom. The molecule has 0 aliphatic carbocycles. The molecular weight excluding hydrogens is 352 g/mol. The van der Waals surface area contributed by atoms with Crippen molar-refractivity contribution in [2.75, 3.05) is 11.8 Å². The molecule has 1 atom stereocenters. The minimum atomic E-state index is -3.80. The largest absolute Gasteiger partial charge is 0.497 e. The van der Waals surface area contributed by atoms with Crippen LogP contribution in [0.25, 0.3) is 0 Å². The van der Waals surface area contributed by atoms with E-state index in [1.165, 1.54) is 19.2 Å². The Balaban J connectivity index is 2.20. The van der Waals surface area contributed by atoms with Crippen LogP contribution in [-0.2, 0) is 10.0 Å². The predicted molar refractivity (Wildman–Crippen MR) is 102 cm³/mol. The number of carbonyl (C=O) groups is 1. The van der Waals surface area contributed by atoms with Crippen LogP contribution in [0, 0.1) is 5.92 Å². The molecule has 0 radical (unpaired) electrons. The highest BCUT2D eigenvalue weighted by Gasteiger charge is 2.18. The van der Waals surface area contributed by atoms with Crippen molar-refractivity contribution in [1.29, 1.82) is 0 Å². The molecule has 0 aliphatic rings. The molecule has 6 nitrogen and oxygen atoms in total. The molecule has 140 valence electrons. The molecule has 26 heavy (non-hydrogen) atoms. The van der Waals surface area contributed by atoms with Crippen LogP contribution < -0.4 is 14.8 Å². The number of nitrogens with one attached hydrogen (secondary N) is 2. The van der Waals surface area contributed by atoms with Crippen LogP contribution in [0.15, 0.2) is 53.4 Å². The molecule has 0 heterocycles. The normalized spacial score (nSPS) is 12.5. The lowest BCUT2D eigenvalue weighted by Gasteiger charge is -2.17. The number of benzene rings is 2. The van der Waals surface area contributed by atoms with Gasteiger partial charge in [-0.05, 0) is 55.3 Å². The minimum absolute atomic E-state index is 0.0137. The molecule has 0 unspecified atom stereocenters. The number of methoxy groups -OCH3 is 1. The summed E-state index contributed by atoms with van der Waals surface area (Å²) in [5.41, 5.74) is 0.712. The van der Waals surface area contributed by atoms with Crippen LogP contribution >= 0.6 is 0 Å². The van der Waals surface area contributed by atoms with E-state index in [0.717, 1.165) is 0 Å². The lowest BCUT2D eigenvalue weighted by Crippen LogP contribution is -2.36. The topological polar surface area (TPSA) is 84.5 Å². The van der Waals surface area contributed by atoms with Gasteiger partial charge in [0.05, 0.1) is 12.0 Å². The fourth-order valence-corrected chi connectivity index (χ4v) is 3.24. The van der Waals surface area contributed by atoms with Gasteiger partial charge in [-0.3, -0.25) is 9.52 Å². The van der Waals surface area contributed by atoms with Crippen molar-refractivity contribution in [3.8, 4) is 5.75 Å². The summed E-state index contributed by atoms with van der Waals surface area (Å²) < 4.78 is 32.7. The molecule has 1 amide bonds. The number of hydrogen-bond donors (Lipinski definition) is 2. The molecule has 0 saturated carbocycles. The summed E-state index contributed by atoms with van der Waals surface area (Å²) in [6.45, 7) is 5.92. The van der Waals surface area contributed by atoms with E-state index in [2.05, 4.69) is 10.0 Å². The first-order valence-electron chi connectivity index (χ1n) is 8.30.